The fourth-order valence-corrected chi connectivity index (χ4v) is 2.31. The molecular weight excluding hydrogens is 202 g/mol. The van der Waals surface area contributed by atoms with Gasteiger partial charge in [0.15, 0.2) is 0 Å². The van der Waals surface area contributed by atoms with Gasteiger partial charge in [0.05, 0.1) is 6.54 Å². The summed E-state index contributed by atoms with van der Waals surface area (Å²) in [6.07, 6.45) is 4.71. The van der Waals surface area contributed by atoms with Crippen molar-refractivity contribution in [2.75, 3.05) is 33.2 Å². The first-order chi connectivity index (χ1) is 7.77. The monoisotopic (exact) mass is 227 g/mol. The van der Waals surface area contributed by atoms with Crippen molar-refractivity contribution >= 4 is 5.91 Å². The Morgan fingerprint density at radius 2 is 2.25 bits per heavy atom. The van der Waals surface area contributed by atoms with Crippen molar-refractivity contribution in [1.82, 2.24) is 15.5 Å². The van der Waals surface area contributed by atoms with Gasteiger partial charge in [0.2, 0.25) is 5.91 Å². The molecule has 0 spiro atoms. The van der Waals surface area contributed by atoms with Crippen LogP contribution >= 0.6 is 0 Å². The Labute approximate surface area is 98.8 Å². The van der Waals surface area contributed by atoms with Crippen LogP contribution in [-0.4, -0.2) is 50.1 Å². The van der Waals surface area contributed by atoms with E-state index in [9.17, 15) is 4.79 Å². The molecule has 4 heteroatoms. The van der Waals surface area contributed by atoms with Crippen LogP contribution in [0.1, 0.15) is 32.6 Å². The molecule has 1 rings (SSSR count). The zero-order valence-corrected chi connectivity index (χ0v) is 10.6. The van der Waals surface area contributed by atoms with Gasteiger partial charge in [-0.15, -0.1) is 0 Å². The number of likely N-dealkylation sites (N-methyl/N-ethyl adjacent to an activating group) is 1. The maximum absolute atomic E-state index is 11.5. The third kappa shape index (κ3) is 4.49. The average Bonchev–Trinajstić information content (AvgIpc) is 2.56. The van der Waals surface area contributed by atoms with Gasteiger partial charge in [-0.2, -0.15) is 0 Å². The zero-order valence-electron chi connectivity index (χ0n) is 10.6. The van der Waals surface area contributed by atoms with E-state index in [4.69, 9.17) is 0 Å². The van der Waals surface area contributed by atoms with E-state index in [1.165, 1.54) is 12.8 Å². The van der Waals surface area contributed by atoms with Crippen molar-refractivity contribution in [3.05, 3.63) is 0 Å². The Morgan fingerprint density at radius 3 is 2.94 bits per heavy atom. The molecule has 1 atom stereocenters. The smallest absolute Gasteiger partial charge is 0.233 e. The summed E-state index contributed by atoms with van der Waals surface area (Å²) < 4.78 is 0. The molecule has 0 aromatic heterocycles. The second-order valence-corrected chi connectivity index (χ2v) is 4.48. The third-order valence-electron chi connectivity index (χ3n) is 3.20. The van der Waals surface area contributed by atoms with Crippen LogP contribution in [0, 0.1) is 0 Å². The first kappa shape index (κ1) is 13.5. The summed E-state index contributed by atoms with van der Waals surface area (Å²) in [6.45, 7) is 5.95. The van der Waals surface area contributed by atoms with Crippen LogP contribution in [0.5, 0.6) is 0 Å². The molecule has 1 aliphatic rings. The fraction of sp³-hybridized carbons (Fsp3) is 0.917. The van der Waals surface area contributed by atoms with Crippen LogP contribution in [0.2, 0.25) is 0 Å². The molecule has 1 unspecified atom stereocenters. The van der Waals surface area contributed by atoms with Crippen molar-refractivity contribution in [3.8, 4) is 0 Å². The van der Waals surface area contributed by atoms with Crippen LogP contribution in [0.15, 0.2) is 0 Å². The van der Waals surface area contributed by atoms with Crippen molar-refractivity contribution in [2.45, 2.75) is 38.6 Å². The number of carbonyl (C=O) groups excluding carboxylic acids is 1. The molecule has 1 fully saturated rings. The summed E-state index contributed by atoms with van der Waals surface area (Å²) in [5.74, 6) is 0.130. The largest absolute Gasteiger partial charge is 0.358 e. The molecule has 1 amide bonds. The number of nitrogens with zero attached hydrogens (tertiary/aromatic N) is 1. The summed E-state index contributed by atoms with van der Waals surface area (Å²) in [5.41, 5.74) is 0. The highest BCUT2D eigenvalue weighted by Gasteiger charge is 2.20. The molecule has 1 saturated heterocycles. The van der Waals surface area contributed by atoms with Crippen LogP contribution < -0.4 is 10.6 Å². The van der Waals surface area contributed by atoms with E-state index in [0.717, 1.165) is 32.5 Å². The fourth-order valence-electron chi connectivity index (χ4n) is 2.31. The summed E-state index contributed by atoms with van der Waals surface area (Å²) in [7, 11) is 1.71. The number of nitrogens with one attached hydrogen (secondary N) is 2. The topological polar surface area (TPSA) is 44.4 Å². The van der Waals surface area contributed by atoms with Gasteiger partial charge in [0.1, 0.15) is 0 Å². The van der Waals surface area contributed by atoms with Crippen molar-refractivity contribution in [3.63, 3.8) is 0 Å². The van der Waals surface area contributed by atoms with Crippen molar-refractivity contribution in [1.29, 1.82) is 0 Å². The zero-order chi connectivity index (χ0) is 11.8. The number of hydrogen-bond donors (Lipinski definition) is 2. The van der Waals surface area contributed by atoms with E-state index < -0.39 is 0 Å². The Balaban J connectivity index is 2.48. The lowest BCUT2D eigenvalue weighted by atomic mass is 10.1. The highest BCUT2D eigenvalue weighted by molar-refractivity contribution is 5.77. The lowest BCUT2D eigenvalue weighted by Gasteiger charge is -2.29. The van der Waals surface area contributed by atoms with Gasteiger partial charge in [-0.25, -0.2) is 0 Å². The molecule has 16 heavy (non-hydrogen) atoms. The molecule has 0 aliphatic carbocycles. The van der Waals surface area contributed by atoms with Crippen LogP contribution in [-0.2, 0) is 4.79 Å². The molecule has 1 aliphatic heterocycles. The molecule has 0 saturated carbocycles. The third-order valence-corrected chi connectivity index (χ3v) is 3.20. The number of carbonyl (C=O) groups is 1. The van der Waals surface area contributed by atoms with Gasteiger partial charge in [-0.3, -0.25) is 9.69 Å². The normalized spacial score (nSPS) is 21.8. The number of amides is 1. The quantitative estimate of drug-likeness (QED) is 0.722. The van der Waals surface area contributed by atoms with Crippen molar-refractivity contribution in [2.24, 2.45) is 0 Å². The highest BCUT2D eigenvalue weighted by Crippen LogP contribution is 2.13. The molecule has 0 aromatic rings. The van der Waals surface area contributed by atoms with Crippen LogP contribution in [0.4, 0.5) is 0 Å². The first-order valence-electron chi connectivity index (χ1n) is 6.43. The van der Waals surface area contributed by atoms with Gasteiger partial charge in [0.25, 0.3) is 0 Å². The Kier molecular flexibility index (Phi) is 6.42. The van der Waals surface area contributed by atoms with E-state index in [-0.39, 0.29) is 5.91 Å². The first-order valence-corrected chi connectivity index (χ1v) is 6.43. The summed E-state index contributed by atoms with van der Waals surface area (Å²) in [5, 5.41) is 6.13. The summed E-state index contributed by atoms with van der Waals surface area (Å²) in [4.78, 5) is 13.8. The second-order valence-electron chi connectivity index (χ2n) is 4.48. The maximum atomic E-state index is 11.5. The van der Waals surface area contributed by atoms with E-state index in [1.807, 2.05) is 0 Å². The predicted molar refractivity (Wildman–Crippen MR) is 66.4 cm³/mol. The summed E-state index contributed by atoms with van der Waals surface area (Å²) >= 11 is 0. The standard InChI is InChI=1S/C12H25N3O/c1-3-9-15(10-12(16)13-2)11-5-4-7-14-8-6-11/h11,14H,3-10H2,1-2H3,(H,13,16). The van der Waals surface area contributed by atoms with E-state index in [1.54, 1.807) is 7.05 Å². The molecule has 94 valence electrons. The SMILES string of the molecule is CCCN(CC(=O)NC)C1CCCNCC1. The Morgan fingerprint density at radius 1 is 1.44 bits per heavy atom. The van der Waals surface area contributed by atoms with Crippen LogP contribution in [0.25, 0.3) is 0 Å². The second kappa shape index (κ2) is 7.63. The van der Waals surface area contributed by atoms with Gasteiger partial charge < -0.3 is 10.6 Å². The van der Waals surface area contributed by atoms with E-state index in [0.29, 0.717) is 12.6 Å². The number of rotatable bonds is 5. The van der Waals surface area contributed by atoms with Gasteiger partial charge in [0, 0.05) is 13.1 Å². The highest BCUT2D eigenvalue weighted by atomic mass is 16.1. The van der Waals surface area contributed by atoms with Gasteiger partial charge in [-0.1, -0.05) is 6.92 Å². The average molecular weight is 227 g/mol. The number of hydrogen-bond acceptors (Lipinski definition) is 3. The Hall–Kier alpha value is -0.610. The molecular formula is C12H25N3O. The minimum Gasteiger partial charge on any atom is -0.358 e. The molecule has 0 radical (unpaired) electrons. The molecule has 1 heterocycles. The minimum absolute atomic E-state index is 0.130. The van der Waals surface area contributed by atoms with Gasteiger partial charge in [-0.05, 0) is 45.3 Å². The minimum atomic E-state index is 0.130. The lowest BCUT2D eigenvalue weighted by Crippen LogP contribution is -2.43. The van der Waals surface area contributed by atoms with Crippen LogP contribution in [0.3, 0.4) is 0 Å². The molecule has 0 aromatic carbocycles. The molecule has 2 N–H and O–H groups in total. The van der Waals surface area contributed by atoms with E-state index >= 15 is 0 Å². The predicted octanol–water partition coefficient (Wildman–Crippen LogP) is 0.587. The maximum Gasteiger partial charge on any atom is 0.233 e. The van der Waals surface area contributed by atoms with Gasteiger partial charge >= 0.3 is 0 Å². The molecule has 4 nitrogen and oxygen atoms in total. The molecule has 0 bridgehead atoms. The van der Waals surface area contributed by atoms with Crippen molar-refractivity contribution < 1.29 is 4.79 Å². The lowest BCUT2D eigenvalue weighted by molar-refractivity contribution is -0.122. The Bertz CT molecular complexity index is 200. The summed E-state index contributed by atoms with van der Waals surface area (Å²) in [6, 6.07) is 0.576. The van der Waals surface area contributed by atoms with E-state index in [2.05, 4.69) is 22.5 Å².